The number of rotatable bonds is 9. The Balaban J connectivity index is 1.78. The standard InChI is InChI=1S/C25H24ClN5O4/c1-4-20(32)31(2)12-13-35-19-14-27-10-8-15(19)22-23(21-17(29-22)9-11-28-25(21)33)30-18-7-5-6-16(26)24(18)34-3/h4-11,14,29-30H,1,12-13H2,2-3H3,(H,28,33). The predicted octanol–water partition coefficient (Wildman–Crippen LogP) is 4.35. The van der Waals surface area contributed by atoms with Crippen LogP contribution in [0.2, 0.25) is 5.02 Å². The minimum atomic E-state index is -0.269. The number of para-hydroxylation sites is 1. The third kappa shape index (κ3) is 4.85. The molecule has 0 saturated carbocycles. The van der Waals surface area contributed by atoms with Gasteiger partial charge in [0.15, 0.2) is 5.75 Å². The highest BCUT2D eigenvalue weighted by molar-refractivity contribution is 6.32. The van der Waals surface area contributed by atoms with Crippen molar-refractivity contribution in [3.63, 3.8) is 0 Å². The summed E-state index contributed by atoms with van der Waals surface area (Å²) >= 11 is 6.31. The molecule has 0 aliphatic heterocycles. The minimum Gasteiger partial charge on any atom is -0.493 e. The van der Waals surface area contributed by atoms with Gasteiger partial charge in [-0.25, -0.2) is 0 Å². The van der Waals surface area contributed by atoms with Gasteiger partial charge in [-0.3, -0.25) is 14.6 Å². The van der Waals surface area contributed by atoms with Crippen molar-refractivity contribution < 1.29 is 14.3 Å². The number of pyridine rings is 2. The third-order valence-electron chi connectivity index (χ3n) is 5.44. The normalized spacial score (nSPS) is 10.7. The summed E-state index contributed by atoms with van der Waals surface area (Å²) in [4.78, 5) is 36.3. The monoisotopic (exact) mass is 493 g/mol. The maximum absolute atomic E-state index is 12.8. The SMILES string of the molecule is C=CC(=O)N(C)CCOc1cnccc1-c1[nH]c2cc[nH]c(=O)c2c1Nc1cccc(Cl)c1OC. The van der Waals surface area contributed by atoms with Crippen LogP contribution < -0.4 is 20.3 Å². The number of nitrogens with zero attached hydrogens (tertiary/aromatic N) is 2. The van der Waals surface area contributed by atoms with E-state index in [1.807, 2.05) is 0 Å². The number of carbonyl (C=O) groups is 1. The highest BCUT2D eigenvalue weighted by Crippen LogP contribution is 2.42. The lowest BCUT2D eigenvalue weighted by atomic mass is 10.1. The fourth-order valence-corrected chi connectivity index (χ4v) is 3.94. The first-order valence-corrected chi connectivity index (χ1v) is 11.1. The van der Waals surface area contributed by atoms with Crippen LogP contribution in [-0.2, 0) is 4.79 Å². The number of hydrogen-bond donors (Lipinski definition) is 3. The lowest BCUT2D eigenvalue weighted by Gasteiger charge is -2.17. The van der Waals surface area contributed by atoms with Crippen LogP contribution in [0.4, 0.5) is 11.4 Å². The van der Waals surface area contributed by atoms with Gasteiger partial charge in [-0.15, -0.1) is 0 Å². The fourth-order valence-electron chi connectivity index (χ4n) is 3.69. The van der Waals surface area contributed by atoms with Crippen LogP contribution in [0, 0.1) is 0 Å². The molecule has 35 heavy (non-hydrogen) atoms. The Kier molecular flexibility index (Phi) is 7.07. The number of amides is 1. The van der Waals surface area contributed by atoms with Crippen LogP contribution in [0.5, 0.6) is 11.5 Å². The second kappa shape index (κ2) is 10.4. The number of ether oxygens (including phenoxy) is 2. The van der Waals surface area contributed by atoms with Crippen molar-refractivity contribution in [2.75, 3.05) is 32.6 Å². The number of benzene rings is 1. The summed E-state index contributed by atoms with van der Waals surface area (Å²) in [6.07, 6.45) is 6.05. The predicted molar refractivity (Wildman–Crippen MR) is 137 cm³/mol. The Morgan fingerprint density at radius 1 is 1.31 bits per heavy atom. The molecule has 0 radical (unpaired) electrons. The van der Waals surface area contributed by atoms with E-state index in [1.54, 1.807) is 56.0 Å². The number of H-pyrrole nitrogens is 2. The van der Waals surface area contributed by atoms with Crippen LogP contribution in [0.3, 0.4) is 0 Å². The molecule has 0 bridgehead atoms. The Bertz CT molecular complexity index is 1450. The van der Waals surface area contributed by atoms with Crippen molar-refractivity contribution in [1.82, 2.24) is 19.9 Å². The molecule has 0 spiro atoms. The van der Waals surface area contributed by atoms with E-state index in [4.69, 9.17) is 21.1 Å². The van der Waals surface area contributed by atoms with Crippen molar-refractivity contribution in [1.29, 1.82) is 0 Å². The van der Waals surface area contributed by atoms with Crippen LogP contribution in [0.25, 0.3) is 22.2 Å². The molecule has 180 valence electrons. The minimum absolute atomic E-state index is 0.197. The van der Waals surface area contributed by atoms with Crippen LogP contribution in [0.1, 0.15) is 0 Å². The Morgan fingerprint density at radius 3 is 2.91 bits per heavy atom. The molecule has 1 aromatic carbocycles. The van der Waals surface area contributed by atoms with Crippen LogP contribution >= 0.6 is 11.6 Å². The van der Waals surface area contributed by atoms with Gasteiger partial charge in [-0.05, 0) is 30.3 Å². The van der Waals surface area contributed by atoms with Crippen molar-refractivity contribution in [2.45, 2.75) is 0 Å². The summed E-state index contributed by atoms with van der Waals surface area (Å²) in [5, 5.41) is 4.18. The van der Waals surface area contributed by atoms with E-state index in [0.717, 1.165) is 0 Å². The molecule has 10 heteroatoms. The quantitative estimate of drug-likeness (QED) is 0.299. The first-order valence-electron chi connectivity index (χ1n) is 10.7. The number of likely N-dealkylation sites (N-methyl/N-ethyl adjacent to an activating group) is 1. The van der Waals surface area contributed by atoms with Gasteiger partial charge in [-0.1, -0.05) is 24.2 Å². The first-order chi connectivity index (χ1) is 16.9. The first kappa shape index (κ1) is 23.9. The average Bonchev–Trinajstić information content (AvgIpc) is 3.23. The third-order valence-corrected chi connectivity index (χ3v) is 5.74. The zero-order valence-corrected chi connectivity index (χ0v) is 20.0. The fraction of sp³-hybridized carbons (Fsp3) is 0.160. The number of anilines is 2. The van der Waals surface area contributed by atoms with Gasteiger partial charge >= 0.3 is 0 Å². The lowest BCUT2D eigenvalue weighted by molar-refractivity contribution is -0.125. The molecule has 4 rings (SSSR count). The Hall–Kier alpha value is -4.24. The van der Waals surface area contributed by atoms with E-state index in [1.165, 1.54) is 18.1 Å². The Morgan fingerprint density at radius 2 is 2.14 bits per heavy atom. The molecule has 0 atom stereocenters. The number of hydrogen-bond acceptors (Lipinski definition) is 6. The van der Waals surface area contributed by atoms with E-state index in [9.17, 15) is 9.59 Å². The van der Waals surface area contributed by atoms with E-state index in [0.29, 0.717) is 56.6 Å². The van der Waals surface area contributed by atoms with Gasteiger partial charge < -0.3 is 29.7 Å². The average molecular weight is 494 g/mol. The van der Waals surface area contributed by atoms with Gasteiger partial charge in [0.05, 0.1) is 52.8 Å². The molecule has 3 N–H and O–H groups in total. The van der Waals surface area contributed by atoms with Gasteiger partial charge in [0, 0.05) is 25.0 Å². The number of methoxy groups -OCH3 is 1. The van der Waals surface area contributed by atoms with E-state index in [2.05, 4.69) is 26.8 Å². The molecule has 1 amide bonds. The number of aromatic amines is 2. The molecular weight excluding hydrogens is 470 g/mol. The number of halogens is 1. The van der Waals surface area contributed by atoms with E-state index < -0.39 is 0 Å². The van der Waals surface area contributed by atoms with Gasteiger partial charge in [0.25, 0.3) is 5.56 Å². The van der Waals surface area contributed by atoms with Gasteiger partial charge in [-0.2, -0.15) is 0 Å². The van der Waals surface area contributed by atoms with E-state index in [-0.39, 0.29) is 18.1 Å². The number of nitrogens with one attached hydrogen (secondary N) is 3. The van der Waals surface area contributed by atoms with Crippen molar-refractivity contribution >= 4 is 39.8 Å². The smallest absolute Gasteiger partial charge is 0.259 e. The highest BCUT2D eigenvalue weighted by atomic mass is 35.5. The van der Waals surface area contributed by atoms with E-state index >= 15 is 0 Å². The molecule has 9 nitrogen and oxygen atoms in total. The lowest BCUT2D eigenvalue weighted by Crippen LogP contribution is -2.29. The summed E-state index contributed by atoms with van der Waals surface area (Å²) in [5.74, 6) is 0.732. The topological polar surface area (TPSA) is 112 Å². The number of carbonyl (C=O) groups excluding carboxylic acids is 1. The van der Waals surface area contributed by atoms with Gasteiger partial charge in [0.2, 0.25) is 5.91 Å². The van der Waals surface area contributed by atoms with Crippen molar-refractivity contribution in [3.8, 4) is 22.8 Å². The molecule has 0 unspecified atom stereocenters. The molecule has 0 saturated heterocycles. The Labute approximate surface area is 206 Å². The largest absolute Gasteiger partial charge is 0.493 e. The van der Waals surface area contributed by atoms with Crippen molar-refractivity contribution in [3.05, 3.63) is 77.0 Å². The molecule has 3 heterocycles. The van der Waals surface area contributed by atoms with Crippen LogP contribution in [0.15, 0.2) is 66.4 Å². The molecule has 3 aromatic heterocycles. The number of fused-ring (bicyclic) bond motifs is 1. The van der Waals surface area contributed by atoms with Gasteiger partial charge in [0.1, 0.15) is 12.4 Å². The number of aromatic nitrogens is 3. The summed E-state index contributed by atoms with van der Waals surface area (Å²) < 4.78 is 11.5. The van der Waals surface area contributed by atoms with Crippen LogP contribution in [-0.4, -0.2) is 53.1 Å². The van der Waals surface area contributed by atoms with Crippen molar-refractivity contribution in [2.24, 2.45) is 0 Å². The second-order valence-electron chi connectivity index (χ2n) is 7.60. The molecule has 0 aliphatic carbocycles. The second-order valence-corrected chi connectivity index (χ2v) is 8.01. The maximum atomic E-state index is 12.8. The zero-order valence-electron chi connectivity index (χ0n) is 19.2. The molecular formula is C25H24ClN5O4. The summed E-state index contributed by atoms with van der Waals surface area (Å²) in [5.41, 5.74) is 2.77. The summed E-state index contributed by atoms with van der Waals surface area (Å²) in [6.45, 7) is 4.09. The zero-order chi connectivity index (χ0) is 24.9. The molecule has 4 aromatic rings. The maximum Gasteiger partial charge on any atom is 0.259 e. The highest BCUT2D eigenvalue weighted by Gasteiger charge is 2.21. The summed E-state index contributed by atoms with van der Waals surface area (Å²) in [6, 6.07) is 8.87. The summed E-state index contributed by atoms with van der Waals surface area (Å²) in [7, 11) is 3.19. The molecule has 0 aliphatic rings. The molecule has 0 fully saturated rings.